The number of nitrogens with one attached hydrogen (secondary N) is 1. The molecule has 1 aromatic heterocycles. The lowest BCUT2D eigenvalue weighted by molar-refractivity contribution is -0.141. The predicted molar refractivity (Wildman–Crippen MR) is 75.1 cm³/mol. The summed E-state index contributed by atoms with van der Waals surface area (Å²) in [5.41, 5.74) is 0. The molecule has 1 aromatic rings. The van der Waals surface area contributed by atoms with Crippen LogP contribution in [0.1, 0.15) is 11.8 Å². The SMILES string of the molecule is CC(O)C(NC(=O)N(C)Cc1cc(Br)cs1)C(=O)O. The molecule has 0 aliphatic heterocycles. The van der Waals surface area contributed by atoms with Gasteiger partial charge in [0.25, 0.3) is 0 Å². The van der Waals surface area contributed by atoms with Crippen LogP contribution in [-0.2, 0) is 11.3 Å². The van der Waals surface area contributed by atoms with Gasteiger partial charge in [-0.05, 0) is 28.9 Å². The Kier molecular flexibility index (Phi) is 5.77. The van der Waals surface area contributed by atoms with Gasteiger partial charge in [-0.1, -0.05) is 0 Å². The number of carbonyl (C=O) groups excluding carboxylic acids is 1. The number of aliphatic hydroxyl groups is 1. The van der Waals surface area contributed by atoms with Gasteiger partial charge in [0.1, 0.15) is 0 Å². The third kappa shape index (κ3) is 4.81. The average molecular weight is 351 g/mol. The molecule has 2 unspecified atom stereocenters. The molecule has 3 N–H and O–H groups in total. The molecule has 0 radical (unpaired) electrons. The van der Waals surface area contributed by atoms with Crippen LogP contribution in [0.15, 0.2) is 15.9 Å². The van der Waals surface area contributed by atoms with Gasteiger partial charge in [-0.25, -0.2) is 9.59 Å². The molecule has 0 saturated heterocycles. The highest BCUT2D eigenvalue weighted by Gasteiger charge is 2.26. The molecule has 0 aliphatic carbocycles. The zero-order chi connectivity index (χ0) is 14.6. The molecule has 0 saturated carbocycles. The van der Waals surface area contributed by atoms with Crippen LogP contribution in [0, 0.1) is 0 Å². The van der Waals surface area contributed by atoms with E-state index in [-0.39, 0.29) is 0 Å². The van der Waals surface area contributed by atoms with Gasteiger partial charge in [-0.15, -0.1) is 11.3 Å². The van der Waals surface area contributed by atoms with Crippen molar-refractivity contribution < 1.29 is 19.8 Å². The first-order valence-electron chi connectivity index (χ1n) is 5.46. The topological polar surface area (TPSA) is 89.9 Å². The van der Waals surface area contributed by atoms with Gasteiger partial charge in [-0.3, -0.25) is 0 Å². The second-order valence-corrected chi connectivity index (χ2v) is 6.00. The van der Waals surface area contributed by atoms with Crippen molar-refractivity contribution in [1.29, 1.82) is 0 Å². The summed E-state index contributed by atoms with van der Waals surface area (Å²) in [6.07, 6.45) is -1.16. The second-order valence-electron chi connectivity index (χ2n) is 4.09. The van der Waals surface area contributed by atoms with Crippen LogP contribution >= 0.6 is 27.3 Å². The molecule has 1 rings (SSSR count). The van der Waals surface area contributed by atoms with Gasteiger partial charge < -0.3 is 20.4 Å². The lowest BCUT2D eigenvalue weighted by Gasteiger charge is -2.22. The zero-order valence-electron chi connectivity index (χ0n) is 10.5. The van der Waals surface area contributed by atoms with Gasteiger partial charge in [0.15, 0.2) is 6.04 Å². The predicted octanol–water partition coefficient (Wildman–Crippen LogP) is 1.49. The molecule has 2 atom stereocenters. The average Bonchev–Trinajstić information content (AvgIpc) is 2.70. The van der Waals surface area contributed by atoms with E-state index in [1.54, 1.807) is 7.05 Å². The number of carbonyl (C=O) groups is 2. The third-order valence-electron chi connectivity index (χ3n) is 2.39. The summed E-state index contributed by atoms with van der Waals surface area (Å²) < 4.78 is 0.939. The van der Waals surface area contributed by atoms with Crippen LogP contribution in [0.2, 0.25) is 0 Å². The highest BCUT2D eigenvalue weighted by atomic mass is 79.9. The molecule has 0 aliphatic rings. The summed E-state index contributed by atoms with van der Waals surface area (Å²) in [6.45, 7) is 1.68. The first-order chi connectivity index (χ1) is 8.81. The lowest BCUT2D eigenvalue weighted by Crippen LogP contribution is -2.51. The fourth-order valence-corrected chi connectivity index (χ4v) is 2.88. The number of hydrogen-bond donors (Lipinski definition) is 3. The lowest BCUT2D eigenvalue weighted by atomic mass is 10.2. The summed E-state index contributed by atoms with van der Waals surface area (Å²) in [6, 6.07) is 0.0282. The van der Waals surface area contributed by atoms with E-state index in [4.69, 9.17) is 5.11 Å². The van der Waals surface area contributed by atoms with Crippen LogP contribution in [0.3, 0.4) is 0 Å². The second kappa shape index (κ2) is 6.88. The maximum atomic E-state index is 11.8. The van der Waals surface area contributed by atoms with Crippen LogP contribution in [-0.4, -0.2) is 46.3 Å². The highest BCUT2D eigenvalue weighted by Crippen LogP contribution is 2.20. The van der Waals surface area contributed by atoms with Crippen molar-refractivity contribution in [1.82, 2.24) is 10.2 Å². The number of urea groups is 1. The Morgan fingerprint density at radius 1 is 1.58 bits per heavy atom. The number of hydrogen-bond acceptors (Lipinski definition) is 4. The molecule has 8 heteroatoms. The number of aliphatic hydroxyl groups excluding tert-OH is 1. The summed E-state index contributed by atoms with van der Waals surface area (Å²) in [4.78, 5) is 25.0. The van der Waals surface area contributed by atoms with E-state index in [0.717, 1.165) is 9.35 Å². The van der Waals surface area contributed by atoms with E-state index in [0.29, 0.717) is 6.54 Å². The number of nitrogens with zero attached hydrogens (tertiary/aromatic N) is 1. The minimum absolute atomic E-state index is 0.369. The number of carboxylic acids is 1. The summed E-state index contributed by atoms with van der Waals surface area (Å²) in [7, 11) is 1.56. The Bertz CT molecular complexity index is 463. The highest BCUT2D eigenvalue weighted by molar-refractivity contribution is 9.10. The Hall–Kier alpha value is -1.12. The van der Waals surface area contributed by atoms with Gasteiger partial charge in [0.05, 0.1) is 12.6 Å². The number of halogens is 1. The standard InChI is InChI=1S/C11H15BrN2O4S/c1-6(15)9(10(16)17)13-11(18)14(2)4-8-3-7(12)5-19-8/h3,5-6,9,15H,4H2,1-2H3,(H,13,18)(H,16,17). The van der Waals surface area contributed by atoms with Crippen molar-refractivity contribution in [3.05, 3.63) is 20.8 Å². The molecular formula is C11H15BrN2O4S. The molecule has 0 aromatic carbocycles. The van der Waals surface area contributed by atoms with Crippen LogP contribution < -0.4 is 5.32 Å². The molecule has 19 heavy (non-hydrogen) atoms. The maximum absolute atomic E-state index is 11.8. The van der Waals surface area contributed by atoms with Crippen molar-refractivity contribution in [2.24, 2.45) is 0 Å². The minimum atomic E-state index is -1.31. The minimum Gasteiger partial charge on any atom is -0.480 e. The van der Waals surface area contributed by atoms with Crippen LogP contribution in [0.4, 0.5) is 4.79 Å². The van der Waals surface area contributed by atoms with Crippen LogP contribution in [0.25, 0.3) is 0 Å². The molecule has 2 amide bonds. The third-order valence-corrected chi connectivity index (χ3v) is 4.07. The number of aliphatic carboxylic acids is 1. The summed E-state index contributed by atoms with van der Waals surface area (Å²) >= 11 is 4.81. The van der Waals surface area contributed by atoms with E-state index < -0.39 is 24.1 Å². The van der Waals surface area contributed by atoms with E-state index in [1.807, 2.05) is 11.4 Å². The normalized spacial score (nSPS) is 13.7. The number of amides is 2. The molecular weight excluding hydrogens is 336 g/mol. The molecule has 0 bridgehead atoms. The fraction of sp³-hybridized carbons (Fsp3) is 0.455. The van der Waals surface area contributed by atoms with Crippen molar-refractivity contribution in [3.63, 3.8) is 0 Å². The Morgan fingerprint density at radius 3 is 2.63 bits per heavy atom. The monoisotopic (exact) mass is 350 g/mol. The van der Waals surface area contributed by atoms with Crippen molar-refractivity contribution in [2.75, 3.05) is 7.05 Å². The van der Waals surface area contributed by atoms with E-state index >= 15 is 0 Å². The molecule has 1 heterocycles. The van der Waals surface area contributed by atoms with Crippen molar-refractivity contribution >= 4 is 39.3 Å². The smallest absolute Gasteiger partial charge is 0.328 e. The molecule has 6 nitrogen and oxygen atoms in total. The first-order valence-corrected chi connectivity index (χ1v) is 7.14. The Labute approximate surface area is 123 Å². The zero-order valence-corrected chi connectivity index (χ0v) is 12.9. The summed E-state index contributed by atoms with van der Waals surface area (Å²) in [5, 5.41) is 22.3. The first kappa shape index (κ1) is 15.9. The summed E-state index contributed by atoms with van der Waals surface area (Å²) in [5.74, 6) is -1.27. The fourth-order valence-electron chi connectivity index (χ4n) is 1.37. The number of carboxylic acid groups (broad SMARTS) is 1. The number of rotatable bonds is 5. The van der Waals surface area contributed by atoms with Gasteiger partial charge in [0.2, 0.25) is 0 Å². The van der Waals surface area contributed by atoms with Crippen LogP contribution in [0.5, 0.6) is 0 Å². The van der Waals surface area contributed by atoms with Crippen molar-refractivity contribution in [2.45, 2.75) is 25.6 Å². The van der Waals surface area contributed by atoms with Gasteiger partial charge in [-0.2, -0.15) is 0 Å². The van der Waals surface area contributed by atoms with Gasteiger partial charge >= 0.3 is 12.0 Å². The molecule has 0 spiro atoms. The van der Waals surface area contributed by atoms with Crippen molar-refractivity contribution in [3.8, 4) is 0 Å². The van der Waals surface area contributed by atoms with Gasteiger partial charge in [0, 0.05) is 21.8 Å². The van der Waals surface area contributed by atoms with E-state index in [1.165, 1.54) is 23.2 Å². The number of thiophene rings is 1. The van der Waals surface area contributed by atoms with E-state index in [9.17, 15) is 14.7 Å². The molecule has 0 fully saturated rings. The Morgan fingerprint density at radius 2 is 2.21 bits per heavy atom. The Balaban J connectivity index is 2.59. The quantitative estimate of drug-likeness (QED) is 0.750. The van der Waals surface area contributed by atoms with E-state index in [2.05, 4.69) is 21.2 Å². The molecule has 106 valence electrons. The largest absolute Gasteiger partial charge is 0.480 e. The maximum Gasteiger partial charge on any atom is 0.328 e.